The van der Waals surface area contributed by atoms with Crippen LogP contribution in [0.2, 0.25) is 0 Å². The summed E-state index contributed by atoms with van der Waals surface area (Å²) >= 11 is 0. The number of hydrogen-bond donors (Lipinski definition) is 2. The summed E-state index contributed by atoms with van der Waals surface area (Å²) in [6, 6.07) is 0. The van der Waals surface area contributed by atoms with Crippen molar-refractivity contribution in [2.75, 3.05) is 6.54 Å². The van der Waals surface area contributed by atoms with E-state index < -0.39 is 0 Å². The molecule has 0 aromatic heterocycles. The van der Waals surface area contributed by atoms with Gasteiger partial charge in [-0.2, -0.15) is 0 Å². The van der Waals surface area contributed by atoms with Crippen molar-refractivity contribution in [3.8, 4) is 0 Å². The average molecular weight is 408 g/mol. The van der Waals surface area contributed by atoms with Gasteiger partial charge in [0.05, 0.1) is 12.7 Å². The predicted octanol–water partition coefficient (Wildman–Crippen LogP) is 7.38. The van der Waals surface area contributed by atoms with Gasteiger partial charge in [-0.05, 0) is 39.0 Å². The third kappa shape index (κ3) is 10.7. The van der Waals surface area contributed by atoms with Crippen molar-refractivity contribution >= 4 is 0 Å². The highest BCUT2D eigenvalue weighted by molar-refractivity contribution is 4.84. The van der Waals surface area contributed by atoms with Crippen LogP contribution in [0.4, 0.5) is 0 Å². The smallest absolute Gasteiger partial charge is 0.193 e. The lowest BCUT2D eigenvalue weighted by atomic mass is 10.0. The molecule has 29 heavy (non-hydrogen) atoms. The van der Waals surface area contributed by atoms with Crippen molar-refractivity contribution in [1.82, 2.24) is 5.32 Å². The fourth-order valence-electron chi connectivity index (χ4n) is 4.60. The summed E-state index contributed by atoms with van der Waals surface area (Å²) in [7, 11) is 0. The molecule has 1 aliphatic heterocycles. The molecule has 0 saturated carbocycles. The summed E-state index contributed by atoms with van der Waals surface area (Å²) in [6.07, 6.45) is 30.5. The van der Waals surface area contributed by atoms with Crippen LogP contribution in [-0.4, -0.2) is 28.5 Å². The first-order valence-corrected chi connectivity index (χ1v) is 12.8. The molecule has 0 fully saturated rings. The van der Waals surface area contributed by atoms with E-state index in [1.807, 2.05) is 13.1 Å². The molecule has 0 saturated heterocycles. The molecule has 170 valence electrons. The summed E-state index contributed by atoms with van der Waals surface area (Å²) in [5.41, 5.74) is 0. The lowest BCUT2D eigenvalue weighted by Crippen LogP contribution is -2.57. The molecule has 0 bridgehead atoms. The summed E-state index contributed by atoms with van der Waals surface area (Å²) in [5, 5.41) is 13.7. The van der Waals surface area contributed by atoms with E-state index in [0.29, 0.717) is 10.6 Å². The number of aliphatic hydroxyl groups is 1. The molecule has 2 N–H and O–H groups in total. The van der Waals surface area contributed by atoms with Crippen molar-refractivity contribution in [3.05, 3.63) is 24.6 Å². The van der Waals surface area contributed by atoms with Gasteiger partial charge in [0.15, 0.2) is 12.4 Å². The quantitative estimate of drug-likeness (QED) is 0.133. The Kier molecular flexibility index (Phi) is 15.3. The van der Waals surface area contributed by atoms with Crippen LogP contribution in [0.15, 0.2) is 24.6 Å². The van der Waals surface area contributed by atoms with Crippen LogP contribution in [0.25, 0.3) is 0 Å². The Hall–Kier alpha value is -0.800. The molecular formula is C26H51N2O+. The number of unbranched alkanes of at least 4 members (excludes halogenated alkanes) is 13. The third-order valence-electron chi connectivity index (χ3n) is 6.70. The summed E-state index contributed by atoms with van der Waals surface area (Å²) < 4.78 is 0.675. The van der Waals surface area contributed by atoms with Gasteiger partial charge in [0.2, 0.25) is 0 Å². The number of quaternary nitrogens is 1. The first kappa shape index (κ1) is 26.2. The normalized spacial score (nSPS) is 22.4. The van der Waals surface area contributed by atoms with E-state index in [0.717, 1.165) is 13.0 Å². The number of nitrogens with zero attached hydrogens (tertiary/aromatic N) is 1. The van der Waals surface area contributed by atoms with E-state index in [4.69, 9.17) is 0 Å². The van der Waals surface area contributed by atoms with Crippen molar-refractivity contribution in [2.24, 2.45) is 0 Å². The fraction of sp³-hybridized carbons (Fsp3) is 0.846. The van der Waals surface area contributed by atoms with Gasteiger partial charge in [-0.1, -0.05) is 83.3 Å². The fourth-order valence-corrected chi connectivity index (χ4v) is 4.60. The molecule has 0 amide bonds. The minimum Gasteiger partial charge on any atom is -0.345 e. The highest BCUT2D eigenvalue weighted by Crippen LogP contribution is 2.25. The maximum Gasteiger partial charge on any atom is 0.193 e. The maximum absolute atomic E-state index is 10.2. The van der Waals surface area contributed by atoms with Crippen LogP contribution in [0.5, 0.6) is 0 Å². The summed E-state index contributed by atoms with van der Waals surface area (Å²) in [4.78, 5) is 0. The third-order valence-corrected chi connectivity index (χ3v) is 6.70. The van der Waals surface area contributed by atoms with Gasteiger partial charge in [0, 0.05) is 13.3 Å². The number of rotatable bonds is 19. The molecule has 3 heteroatoms. The van der Waals surface area contributed by atoms with E-state index >= 15 is 0 Å². The Bertz CT molecular complexity index is 432. The Balaban J connectivity index is 1.87. The molecule has 1 rings (SSSR count). The zero-order valence-corrected chi connectivity index (χ0v) is 19.9. The number of allylic oxidation sites excluding steroid dienone is 2. The highest BCUT2D eigenvalue weighted by atomic mass is 16.3. The van der Waals surface area contributed by atoms with E-state index in [-0.39, 0.29) is 6.23 Å². The van der Waals surface area contributed by atoms with E-state index in [1.165, 1.54) is 96.3 Å². The SMILES string of the molecule is CCCCC/C=C/CCCCCCCCCCCCC1NC=C[N+]1(CC)C(C)O. The first-order valence-electron chi connectivity index (χ1n) is 12.8. The standard InChI is InChI=1S/C26H51N2O/c1-4-6-7-8-9-10-11-12-13-14-15-16-17-18-19-20-21-22-26-27-23-24-28(26,5-2)25(3)29/h9-10,23-27,29H,4-8,11-22H2,1-3H3/q+1/b10-9+. The molecule has 1 aliphatic rings. The van der Waals surface area contributed by atoms with Gasteiger partial charge in [-0.15, -0.1) is 0 Å². The lowest BCUT2D eigenvalue weighted by Gasteiger charge is -2.39. The molecule has 0 radical (unpaired) electrons. The average Bonchev–Trinajstić information content (AvgIpc) is 3.14. The monoisotopic (exact) mass is 407 g/mol. The second-order valence-electron chi connectivity index (χ2n) is 9.02. The first-order chi connectivity index (χ1) is 14.2. The van der Waals surface area contributed by atoms with Crippen LogP contribution in [0.1, 0.15) is 124 Å². The minimum absolute atomic E-state index is 0.335. The zero-order chi connectivity index (χ0) is 21.2. The van der Waals surface area contributed by atoms with E-state index in [1.54, 1.807) is 0 Å². The molecule has 0 aromatic carbocycles. The Morgan fingerprint density at radius 1 is 0.828 bits per heavy atom. The molecule has 1 heterocycles. The van der Waals surface area contributed by atoms with Crippen LogP contribution in [0.3, 0.4) is 0 Å². The summed E-state index contributed by atoms with van der Waals surface area (Å²) in [6.45, 7) is 7.30. The van der Waals surface area contributed by atoms with Crippen molar-refractivity contribution in [1.29, 1.82) is 0 Å². The second-order valence-corrected chi connectivity index (χ2v) is 9.02. The van der Waals surface area contributed by atoms with Crippen LogP contribution in [-0.2, 0) is 0 Å². The minimum atomic E-state index is -0.335. The molecule has 3 unspecified atom stereocenters. The van der Waals surface area contributed by atoms with Gasteiger partial charge in [0.1, 0.15) is 6.20 Å². The Labute approximate surface area is 182 Å². The molecule has 0 aliphatic carbocycles. The Morgan fingerprint density at radius 3 is 1.86 bits per heavy atom. The van der Waals surface area contributed by atoms with Crippen molar-refractivity contribution < 1.29 is 9.59 Å². The predicted molar refractivity (Wildman–Crippen MR) is 127 cm³/mol. The van der Waals surface area contributed by atoms with Gasteiger partial charge in [-0.25, -0.2) is 0 Å². The second kappa shape index (κ2) is 16.9. The molecular weight excluding hydrogens is 356 g/mol. The van der Waals surface area contributed by atoms with E-state index in [2.05, 4.69) is 37.5 Å². The largest absolute Gasteiger partial charge is 0.345 e. The molecule has 3 nitrogen and oxygen atoms in total. The molecule has 3 atom stereocenters. The summed E-state index contributed by atoms with van der Waals surface area (Å²) in [5.74, 6) is 0. The zero-order valence-electron chi connectivity index (χ0n) is 19.9. The van der Waals surface area contributed by atoms with Crippen molar-refractivity contribution in [3.63, 3.8) is 0 Å². The molecule has 0 spiro atoms. The van der Waals surface area contributed by atoms with Crippen LogP contribution < -0.4 is 5.32 Å². The molecule has 0 aromatic rings. The van der Waals surface area contributed by atoms with E-state index in [9.17, 15) is 5.11 Å². The van der Waals surface area contributed by atoms with Gasteiger partial charge < -0.3 is 10.4 Å². The maximum atomic E-state index is 10.2. The number of nitrogens with one attached hydrogen (secondary N) is 1. The van der Waals surface area contributed by atoms with Crippen LogP contribution >= 0.6 is 0 Å². The highest BCUT2D eigenvalue weighted by Gasteiger charge is 2.40. The Morgan fingerprint density at radius 2 is 1.34 bits per heavy atom. The number of hydrogen-bond acceptors (Lipinski definition) is 2. The number of aliphatic hydroxyl groups excluding tert-OH is 1. The van der Waals surface area contributed by atoms with Crippen LogP contribution in [0, 0.1) is 0 Å². The lowest BCUT2D eigenvalue weighted by molar-refractivity contribution is -0.942. The van der Waals surface area contributed by atoms with Gasteiger partial charge in [-0.3, -0.25) is 4.48 Å². The topological polar surface area (TPSA) is 32.3 Å². The van der Waals surface area contributed by atoms with Crippen molar-refractivity contribution in [2.45, 2.75) is 136 Å². The van der Waals surface area contributed by atoms with Gasteiger partial charge in [0.25, 0.3) is 0 Å². The van der Waals surface area contributed by atoms with Gasteiger partial charge >= 0.3 is 0 Å².